The molecule has 0 spiro atoms. The van der Waals surface area contributed by atoms with Gasteiger partial charge in [0.05, 0.1) is 19.8 Å². The zero-order valence-electron chi connectivity index (χ0n) is 10.6. The van der Waals surface area contributed by atoms with Gasteiger partial charge >= 0.3 is 5.97 Å². The summed E-state index contributed by atoms with van der Waals surface area (Å²) in [7, 11) is 3.09. The van der Waals surface area contributed by atoms with E-state index in [2.05, 4.69) is 4.98 Å². The first-order chi connectivity index (χ1) is 9.17. The summed E-state index contributed by atoms with van der Waals surface area (Å²) in [6.45, 7) is 0. The third kappa shape index (κ3) is 2.49. The Kier molecular flexibility index (Phi) is 3.66. The molecule has 1 heterocycles. The number of pyridine rings is 1. The SMILES string of the molecule is COc1cccc(-c2cncc(C(=O)O)c2)c1OC. The number of carboxylic acid groups (broad SMARTS) is 1. The predicted octanol–water partition coefficient (Wildman–Crippen LogP) is 2.46. The Hall–Kier alpha value is -2.56. The van der Waals surface area contributed by atoms with Gasteiger partial charge in [-0.1, -0.05) is 12.1 Å². The van der Waals surface area contributed by atoms with E-state index in [0.29, 0.717) is 17.1 Å². The number of aromatic carboxylic acids is 1. The number of benzene rings is 1. The molecule has 1 aromatic heterocycles. The molecular weight excluding hydrogens is 246 g/mol. The van der Waals surface area contributed by atoms with E-state index in [1.165, 1.54) is 13.3 Å². The Morgan fingerprint density at radius 2 is 2.00 bits per heavy atom. The lowest BCUT2D eigenvalue weighted by Crippen LogP contribution is -1.98. The van der Waals surface area contributed by atoms with Gasteiger partial charge in [0.2, 0.25) is 0 Å². The van der Waals surface area contributed by atoms with Crippen LogP contribution in [-0.2, 0) is 0 Å². The lowest BCUT2D eigenvalue weighted by atomic mass is 10.0. The van der Waals surface area contributed by atoms with E-state index >= 15 is 0 Å². The topological polar surface area (TPSA) is 68.7 Å². The van der Waals surface area contributed by atoms with Crippen LogP contribution in [0.25, 0.3) is 11.1 Å². The van der Waals surface area contributed by atoms with Gasteiger partial charge in [-0.2, -0.15) is 0 Å². The minimum absolute atomic E-state index is 0.127. The van der Waals surface area contributed by atoms with Gasteiger partial charge in [-0.15, -0.1) is 0 Å². The van der Waals surface area contributed by atoms with E-state index in [1.54, 1.807) is 25.4 Å². The molecule has 0 saturated heterocycles. The van der Waals surface area contributed by atoms with Crippen LogP contribution >= 0.6 is 0 Å². The molecule has 0 saturated carbocycles. The number of ether oxygens (including phenoxy) is 2. The van der Waals surface area contributed by atoms with Gasteiger partial charge in [0.15, 0.2) is 11.5 Å². The second-order valence-corrected chi connectivity index (χ2v) is 3.81. The van der Waals surface area contributed by atoms with E-state index in [1.807, 2.05) is 12.1 Å². The Labute approximate surface area is 110 Å². The van der Waals surface area contributed by atoms with Crippen molar-refractivity contribution < 1.29 is 19.4 Å². The summed E-state index contributed by atoms with van der Waals surface area (Å²) in [6, 6.07) is 6.96. The van der Waals surface area contributed by atoms with Crippen molar-refractivity contribution in [3.8, 4) is 22.6 Å². The second-order valence-electron chi connectivity index (χ2n) is 3.81. The molecule has 1 N–H and O–H groups in total. The van der Waals surface area contributed by atoms with E-state index in [4.69, 9.17) is 14.6 Å². The molecule has 2 aromatic rings. The van der Waals surface area contributed by atoms with Gasteiger partial charge in [-0.25, -0.2) is 4.79 Å². The minimum atomic E-state index is -1.02. The molecule has 19 heavy (non-hydrogen) atoms. The first-order valence-corrected chi connectivity index (χ1v) is 5.57. The van der Waals surface area contributed by atoms with Crippen molar-refractivity contribution in [2.45, 2.75) is 0 Å². The Balaban J connectivity index is 2.58. The summed E-state index contributed by atoms with van der Waals surface area (Å²) in [4.78, 5) is 14.9. The van der Waals surface area contributed by atoms with E-state index in [0.717, 1.165) is 5.56 Å². The molecule has 5 nitrogen and oxygen atoms in total. The van der Waals surface area contributed by atoms with Crippen LogP contribution < -0.4 is 9.47 Å². The molecule has 5 heteroatoms. The zero-order valence-corrected chi connectivity index (χ0v) is 10.6. The number of hydrogen-bond acceptors (Lipinski definition) is 4. The van der Waals surface area contributed by atoms with Crippen LogP contribution in [0.2, 0.25) is 0 Å². The highest BCUT2D eigenvalue weighted by Gasteiger charge is 2.13. The Bertz CT molecular complexity index is 610. The van der Waals surface area contributed by atoms with Gasteiger partial charge in [0.1, 0.15) is 0 Å². The van der Waals surface area contributed by atoms with E-state index < -0.39 is 5.97 Å². The van der Waals surface area contributed by atoms with Gasteiger partial charge in [-0.3, -0.25) is 4.98 Å². The summed E-state index contributed by atoms with van der Waals surface area (Å²) in [5.41, 5.74) is 1.52. The maximum Gasteiger partial charge on any atom is 0.337 e. The zero-order chi connectivity index (χ0) is 13.8. The molecule has 0 amide bonds. The molecule has 0 radical (unpaired) electrons. The maximum atomic E-state index is 11.0. The fourth-order valence-corrected chi connectivity index (χ4v) is 1.82. The fourth-order valence-electron chi connectivity index (χ4n) is 1.82. The van der Waals surface area contributed by atoms with Crippen molar-refractivity contribution >= 4 is 5.97 Å². The van der Waals surface area contributed by atoms with E-state index in [-0.39, 0.29) is 5.56 Å². The number of rotatable bonds is 4. The molecular formula is C14H13NO4. The summed E-state index contributed by atoms with van der Waals surface area (Å²) in [6.07, 6.45) is 2.89. The monoisotopic (exact) mass is 259 g/mol. The molecule has 2 rings (SSSR count). The van der Waals surface area contributed by atoms with Crippen molar-refractivity contribution in [2.75, 3.05) is 14.2 Å². The summed E-state index contributed by atoms with van der Waals surface area (Å²) >= 11 is 0. The number of nitrogens with zero attached hydrogens (tertiary/aromatic N) is 1. The van der Waals surface area contributed by atoms with Gasteiger partial charge in [0, 0.05) is 23.5 Å². The van der Waals surface area contributed by atoms with Crippen LogP contribution in [0.3, 0.4) is 0 Å². The highest BCUT2D eigenvalue weighted by atomic mass is 16.5. The number of carboxylic acids is 1. The van der Waals surface area contributed by atoms with Crippen molar-refractivity contribution in [1.82, 2.24) is 4.98 Å². The molecule has 0 bridgehead atoms. The third-order valence-corrected chi connectivity index (χ3v) is 2.70. The average molecular weight is 259 g/mol. The number of aromatic nitrogens is 1. The van der Waals surface area contributed by atoms with Crippen molar-refractivity contribution in [3.05, 3.63) is 42.2 Å². The molecule has 1 aromatic carbocycles. The Morgan fingerprint density at radius 1 is 1.21 bits per heavy atom. The van der Waals surface area contributed by atoms with E-state index in [9.17, 15) is 4.79 Å². The Morgan fingerprint density at radius 3 is 2.63 bits per heavy atom. The van der Waals surface area contributed by atoms with Crippen molar-refractivity contribution in [1.29, 1.82) is 0 Å². The third-order valence-electron chi connectivity index (χ3n) is 2.70. The van der Waals surface area contributed by atoms with Crippen LogP contribution in [0.15, 0.2) is 36.7 Å². The molecule has 0 aliphatic rings. The largest absolute Gasteiger partial charge is 0.493 e. The standard InChI is InChI=1S/C14H13NO4/c1-18-12-5-3-4-11(13(12)19-2)9-6-10(14(16)17)8-15-7-9/h3-8H,1-2H3,(H,16,17). The lowest BCUT2D eigenvalue weighted by Gasteiger charge is -2.12. The summed E-state index contributed by atoms with van der Waals surface area (Å²) < 4.78 is 10.5. The van der Waals surface area contributed by atoms with Crippen LogP contribution in [-0.4, -0.2) is 30.3 Å². The van der Waals surface area contributed by atoms with Gasteiger partial charge < -0.3 is 14.6 Å². The number of carbonyl (C=O) groups is 1. The quantitative estimate of drug-likeness (QED) is 0.913. The van der Waals surface area contributed by atoms with Crippen molar-refractivity contribution in [3.63, 3.8) is 0 Å². The highest BCUT2D eigenvalue weighted by Crippen LogP contribution is 2.37. The predicted molar refractivity (Wildman–Crippen MR) is 69.7 cm³/mol. The number of hydrogen-bond donors (Lipinski definition) is 1. The van der Waals surface area contributed by atoms with Crippen LogP contribution in [0.5, 0.6) is 11.5 Å². The van der Waals surface area contributed by atoms with Gasteiger partial charge in [0.25, 0.3) is 0 Å². The first-order valence-electron chi connectivity index (χ1n) is 5.57. The average Bonchev–Trinajstić information content (AvgIpc) is 2.46. The lowest BCUT2D eigenvalue weighted by molar-refractivity contribution is 0.0696. The van der Waals surface area contributed by atoms with Gasteiger partial charge in [-0.05, 0) is 12.1 Å². The molecule has 0 atom stereocenters. The highest BCUT2D eigenvalue weighted by molar-refractivity contribution is 5.89. The van der Waals surface area contributed by atoms with Crippen LogP contribution in [0, 0.1) is 0 Å². The minimum Gasteiger partial charge on any atom is -0.493 e. The molecule has 0 aliphatic heterocycles. The molecule has 98 valence electrons. The molecule has 0 fully saturated rings. The summed E-state index contributed by atoms with van der Waals surface area (Å²) in [5.74, 6) is 0.117. The number of methoxy groups -OCH3 is 2. The number of para-hydroxylation sites is 1. The van der Waals surface area contributed by atoms with Crippen LogP contribution in [0.1, 0.15) is 10.4 Å². The van der Waals surface area contributed by atoms with Crippen molar-refractivity contribution in [2.24, 2.45) is 0 Å². The summed E-state index contributed by atoms with van der Waals surface area (Å²) in [5, 5.41) is 8.99. The smallest absolute Gasteiger partial charge is 0.337 e. The van der Waals surface area contributed by atoms with Crippen LogP contribution in [0.4, 0.5) is 0 Å². The maximum absolute atomic E-state index is 11.0. The molecule has 0 unspecified atom stereocenters. The first kappa shape index (κ1) is 12.9. The fraction of sp³-hybridized carbons (Fsp3) is 0.143. The normalized spacial score (nSPS) is 10.0. The second kappa shape index (κ2) is 5.39. The molecule has 0 aliphatic carbocycles.